The van der Waals surface area contributed by atoms with Gasteiger partial charge in [0.25, 0.3) is 0 Å². The van der Waals surface area contributed by atoms with E-state index in [-0.39, 0.29) is 0 Å². The molecular formula is C18H31N. The van der Waals surface area contributed by atoms with Crippen LogP contribution in [-0.4, -0.2) is 6.54 Å². The van der Waals surface area contributed by atoms with Crippen molar-refractivity contribution in [2.24, 2.45) is 0 Å². The zero-order valence-electron chi connectivity index (χ0n) is 13.2. The van der Waals surface area contributed by atoms with E-state index in [4.69, 9.17) is 0 Å². The number of nitrogens with one attached hydrogen (secondary N) is 1. The first-order valence-electron chi connectivity index (χ1n) is 8.02. The fourth-order valence-electron chi connectivity index (χ4n) is 2.42. The third kappa shape index (κ3) is 5.78. The Labute approximate surface area is 119 Å². The largest absolute Gasteiger partial charge is 0.310 e. The van der Waals surface area contributed by atoms with E-state index in [1.807, 2.05) is 0 Å². The van der Waals surface area contributed by atoms with E-state index in [1.54, 1.807) is 0 Å². The summed E-state index contributed by atoms with van der Waals surface area (Å²) >= 11 is 0. The minimum atomic E-state index is 0.535. The van der Waals surface area contributed by atoms with Crippen LogP contribution in [-0.2, 0) is 0 Å². The summed E-state index contributed by atoms with van der Waals surface area (Å²) in [6.45, 7) is 10.1. The van der Waals surface area contributed by atoms with Gasteiger partial charge in [-0.15, -0.1) is 0 Å². The van der Waals surface area contributed by atoms with Crippen LogP contribution >= 0.6 is 0 Å². The zero-order chi connectivity index (χ0) is 14.1. The Kier molecular flexibility index (Phi) is 7.81. The molecule has 0 spiro atoms. The Morgan fingerprint density at radius 1 is 0.895 bits per heavy atom. The molecule has 0 aliphatic rings. The molecule has 0 saturated carbocycles. The molecule has 0 heterocycles. The molecule has 108 valence electrons. The molecule has 0 saturated heterocycles. The molecule has 1 aromatic rings. The van der Waals surface area contributed by atoms with E-state index in [0.29, 0.717) is 12.0 Å². The molecule has 0 radical (unpaired) electrons. The molecule has 0 fully saturated rings. The van der Waals surface area contributed by atoms with E-state index in [1.165, 1.54) is 43.2 Å². The van der Waals surface area contributed by atoms with Gasteiger partial charge in [0.2, 0.25) is 0 Å². The van der Waals surface area contributed by atoms with Crippen LogP contribution in [0.5, 0.6) is 0 Å². The molecular weight excluding hydrogens is 230 g/mol. The van der Waals surface area contributed by atoms with Gasteiger partial charge in [-0.1, -0.05) is 71.2 Å². The highest BCUT2D eigenvalue weighted by Gasteiger charge is 2.10. The van der Waals surface area contributed by atoms with Gasteiger partial charge in [-0.3, -0.25) is 0 Å². The van der Waals surface area contributed by atoms with Crippen LogP contribution in [0.15, 0.2) is 24.3 Å². The van der Waals surface area contributed by atoms with Gasteiger partial charge in [-0.2, -0.15) is 0 Å². The summed E-state index contributed by atoms with van der Waals surface area (Å²) < 4.78 is 0. The van der Waals surface area contributed by atoms with Crippen molar-refractivity contribution >= 4 is 0 Å². The Morgan fingerprint density at radius 2 is 1.53 bits per heavy atom. The minimum Gasteiger partial charge on any atom is -0.310 e. The maximum atomic E-state index is 3.69. The maximum Gasteiger partial charge on any atom is 0.0320 e. The van der Waals surface area contributed by atoms with Gasteiger partial charge in [0.15, 0.2) is 0 Å². The van der Waals surface area contributed by atoms with E-state index in [9.17, 15) is 0 Å². The van der Waals surface area contributed by atoms with Crippen molar-refractivity contribution in [3.8, 4) is 0 Å². The summed E-state index contributed by atoms with van der Waals surface area (Å²) in [6.07, 6.45) is 6.42. The molecule has 0 aromatic heterocycles. The first kappa shape index (κ1) is 16.2. The minimum absolute atomic E-state index is 0.535. The van der Waals surface area contributed by atoms with Crippen LogP contribution in [0, 0.1) is 0 Å². The SMILES string of the molecule is CCCCCC(NCCC)c1ccc(C(C)C)cc1. The first-order valence-corrected chi connectivity index (χ1v) is 8.02. The molecule has 1 N–H and O–H groups in total. The normalized spacial score (nSPS) is 12.9. The molecule has 0 aliphatic carbocycles. The van der Waals surface area contributed by atoms with Crippen molar-refractivity contribution in [3.05, 3.63) is 35.4 Å². The summed E-state index contributed by atoms with van der Waals surface area (Å²) in [5.41, 5.74) is 2.89. The second-order valence-electron chi connectivity index (χ2n) is 5.82. The van der Waals surface area contributed by atoms with Gasteiger partial charge in [0.05, 0.1) is 0 Å². The zero-order valence-corrected chi connectivity index (χ0v) is 13.2. The lowest BCUT2D eigenvalue weighted by atomic mass is 9.96. The van der Waals surface area contributed by atoms with Crippen molar-refractivity contribution in [3.63, 3.8) is 0 Å². The van der Waals surface area contributed by atoms with E-state index in [2.05, 4.69) is 57.3 Å². The molecule has 0 aliphatic heterocycles. The predicted octanol–water partition coefficient (Wildman–Crippen LogP) is 5.43. The van der Waals surface area contributed by atoms with E-state index >= 15 is 0 Å². The molecule has 0 bridgehead atoms. The molecule has 1 unspecified atom stereocenters. The molecule has 1 heteroatoms. The van der Waals surface area contributed by atoms with Crippen LogP contribution in [0.25, 0.3) is 0 Å². The maximum absolute atomic E-state index is 3.69. The Balaban J connectivity index is 2.66. The fourth-order valence-corrected chi connectivity index (χ4v) is 2.42. The molecule has 1 atom stereocenters. The van der Waals surface area contributed by atoms with Crippen molar-refractivity contribution < 1.29 is 0 Å². The smallest absolute Gasteiger partial charge is 0.0320 e. The summed E-state index contributed by atoms with van der Waals surface area (Å²) in [4.78, 5) is 0. The van der Waals surface area contributed by atoms with Crippen LogP contribution < -0.4 is 5.32 Å². The highest BCUT2D eigenvalue weighted by atomic mass is 14.9. The van der Waals surface area contributed by atoms with Crippen molar-refractivity contribution in [1.29, 1.82) is 0 Å². The molecule has 1 aromatic carbocycles. The Bertz CT molecular complexity index is 326. The van der Waals surface area contributed by atoms with Gasteiger partial charge in [-0.05, 0) is 36.4 Å². The van der Waals surface area contributed by atoms with Crippen molar-refractivity contribution in [1.82, 2.24) is 5.32 Å². The number of benzene rings is 1. The van der Waals surface area contributed by atoms with E-state index < -0.39 is 0 Å². The average molecular weight is 261 g/mol. The number of hydrogen-bond donors (Lipinski definition) is 1. The van der Waals surface area contributed by atoms with Crippen LogP contribution in [0.3, 0.4) is 0 Å². The molecule has 19 heavy (non-hydrogen) atoms. The Morgan fingerprint density at radius 3 is 2.05 bits per heavy atom. The van der Waals surface area contributed by atoms with Crippen molar-refractivity contribution in [2.75, 3.05) is 6.54 Å². The second kappa shape index (κ2) is 9.14. The quantitative estimate of drug-likeness (QED) is 0.584. The third-order valence-electron chi connectivity index (χ3n) is 3.74. The summed E-state index contributed by atoms with van der Waals surface area (Å²) in [5, 5.41) is 3.69. The first-order chi connectivity index (χ1) is 9.19. The highest BCUT2D eigenvalue weighted by molar-refractivity contribution is 5.26. The summed E-state index contributed by atoms with van der Waals surface area (Å²) in [6, 6.07) is 9.75. The lowest BCUT2D eigenvalue weighted by Crippen LogP contribution is -2.22. The predicted molar refractivity (Wildman–Crippen MR) is 85.7 cm³/mol. The second-order valence-corrected chi connectivity index (χ2v) is 5.82. The Hall–Kier alpha value is -0.820. The summed E-state index contributed by atoms with van der Waals surface area (Å²) in [7, 11) is 0. The number of rotatable bonds is 9. The molecule has 1 rings (SSSR count). The van der Waals surface area contributed by atoms with Crippen molar-refractivity contribution in [2.45, 2.75) is 71.8 Å². The van der Waals surface area contributed by atoms with Gasteiger partial charge in [0, 0.05) is 6.04 Å². The van der Waals surface area contributed by atoms with Crippen LogP contribution in [0.1, 0.15) is 82.9 Å². The van der Waals surface area contributed by atoms with Gasteiger partial charge in [0.1, 0.15) is 0 Å². The van der Waals surface area contributed by atoms with Crippen LogP contribution in [0.4, 0.5) is 0 Å². The number of hydrogen-bond acceptors (Lipinski definition) is 1. The molecule has 1 nitrogen and oxygen atoms in total. The summed E-state index contributed by atoms with van der Waals surface area (Å²) in [5.74, 6) is 0.621. The highest BCUT2D eigenvalue weighted by Crippen LogP contribution is 2.22. The third-order valence-corrected chi connectivity index (χ3v) is 3.74. The fraction of sp³-hybridized carbons (Fsp3) is 0.667. The standard InChI is InChI=1S/C18H31N/c1-5-7-8-9-18(19-14-6-2)17-12-10-16(11-13-17)15(3)4/h10-13,15,18-19H,5-9,14H2,1-4H3. The topological polar surface area (TPSA) is 12.0 Å². The van der Waals surface area contributed by atoms with Gasteiger partial charge < -0.3 is 5.32 Å². The van der Waals surface area contributed by atoms with E-state index in [0.717, 1.165) is 6.54 Å². The molecule has 0 amide bonds. The number of unbranched alkanes of at least 4 members (excludes halogenated alkanes) is 2. The monoisotopic (exact) mass is 261 g/mol. The lowest BCUT2D eigenvalue weighted by molar-refractivity contribution is 0.474. The van der Waals surface area contributed by atoms with Gasteiger partial charge >= 0.3 is 0 Å². The van der Waals surface area contributed by atoms with Gasteiger partial charge in [-0.25, -0.2) is 0 Å². The lowest BCUT2D eigenvalue weighted by Gasteiger charge is -2.19. The van der Waals surface area contributed by atoms with Crippen LogP contribution in [0.2, 0.25) is 0 Å². The average Bonchev–Trinajstić information content (AvgIpc) is 2.43.